The summed E-state index contributed by atoms with van der Waals surface area (Å²) in [5, 5.41) is 19.5. The van der Waals surface area contributed by atoms with Crippen LogP contribution in [0.3, 0.4) is 0 Å². The highest BCUT2D eigenvalue weighted by Crippen LogP contribution is 2.36. The van der Waals surface area contributed by atoms with Crippen LogP contribution < -0.4 is 5.56 Å². The van der Waals surface area contributed by atoms with Crippen molar-refractivity contribution in [3.05, 3.63) is 61.5 Å². The van der Waals surface area contributed by atoms with Crippen LogP contribution in [0, 0.1) is 0 Å². The molecule has 0 amide bonds. The maximum Gasteiger partial charge on any atom is 0.260 e. The van der Waals surface area contributed by atoms with Crippen molar-refractivity contribution in [1.29, 1.82) is 0 Å². The first-order chi connectivity index (χ1) is 14.7. The number of tetrazole rings is 1. The van der Waals surface area contributed by atoms with Crippen LogP contribution in [-0.4, -0.2) is 30.2 Å². The van der Waals surface area contributed by atoms with Gasteiger partial charge in [0.15, 0.2) is 0 Å². The fraction of sp³-hybridized carbons (Fsp3) is 0.211. The fourth-order valence-corrected chi connectivity index (χ4v) is 6.42. The van der Waals surface area contributed by atoms with Gasteiger partial charge in [-0.05, 0) is 40.2 Å². The Morgan fingerprint density at radius 1 is 1.20 bits per heavy atom. The lowest BCUT2D eigenvalue weighted by atomic mass is 10.2. The molecule has 0 aromatic carbocycles. The largest absolute Gasteiger partial charge is 0.309 e. The molecule has 5 rings (SSSR count). The molecular formula is C19H16N6OS4. The second-order valence-electron chi connectivity index (χ2n) is 6.53. The highest BCUT2D eigenvalue weighted by Gasteiger charge is 2.19. The molecule has 11 heteroatoms. The number of thiophene rings is 3. The zero-order valence-corrected chi connectivity index (χ0v) is 19.1. The summed E-state index contributed by atoms with van der Waals surface area (Å²) in [5.41, 5.74) is 0.840. The van der Waals surface area contributed by atoms with Gasteiger partial charge in [-0.25, -0.2) is 9.67 Å². The monoisotopic (exact) mass is 472 g/mol. The quantitative estimate of drug-likeness (QED) is 0.340. The molecular weight excluding hydrogens is 457 g/mol. The SMILES string of the molecule is CC(Sc1nnnn1CCc1cccs1)c1nc2scc(-c3cccs3)c2c(=O)[nH]1. The number of nitrogens with zero attached hydrogens (tertiary/aromatic N) is 5. The minimum Gasteiger partial charge on any atom is -0.309 e. The van der Waals surface area contributed by atoms with Crippen LogP contribution in [0.1, 0.15) is 22.9 Å². The van der Waals surface area contributed by atoms with Crippen LogP contribution in [0.2, 0.25) is 0 Å². The molecule has 5 aromatic rings. The Morgan fingerprint density at radius 2 is 2.07 bits per heavy atom. The molecule has 0 radical (unpaired) electrons. The molecule has 0 aliphatic heterocycles. The number of nitrogens with one attached hydrogen (secondary N) is 1. The van der Waals surface area contributed by atoms with Gasteiger partial charge in [-0.1, -0.05) is 23.9 Å². The molecule has 1 atom stereocenters. The van der Waals surface area contributed by atoms with E-state index in [4.69, 9.17) is 4.98 Å². The molecule has 0 aliphatic carbocycles. The third kappa shape index (κ3) is 3.85. The van der Waals surface area contributed by atoms with E-state index in [-0.39, 0.29) is 10.8 Å². The van der Waals surface area contributed by atoms with Crippen molar-refractivity contribution >= 4 is 56.0 Å². The van der Waals surface area contributed by atoms with Crippen molar-refractivity contribution in [3.8, 4) is 10.4 Å². The summed E-state index contributed by atoms with van der Waals surface area (Å²) in [4.78, 5) is 23.7. The first kappa shape index (κ1) is 19.6. The normalized spacial score (nSPS) is 12.6. The van der Waals surface area contributed by atoms with Gasteiger partial charge in [-0.3, -0.25) is 4.79 Å². The predicted octanol–water partition coefficient (Wildman–Crippen LogP) is 4.86. The summed E-state index contributed by atoms with van der Waals surface area (Å²) in [6.07, 6.45) is 0.881. The summed E-state index contributed by atoms with van der Waals surface area (Å²) in [6.45, 7) is 2.71. The Kier molecular flexibility index (Phi) is 5.50. The minimum absolute atomic E-state index is 0.0964. The number of thioether (sulfide) groups is 1. The van der Waals surface area contributed by atoms with Crippen LogP contribution in [0.25, 0.3) is 20.7 Å². The summed E-state index contributed by atoms with van der Waals surface area (Å²) >= 11 is 6.34. The smallest absolute Gasteiger partial charge is 0.260 e. The molecule has 0 saturated carbocycles. The van der Waals surface area contributed by atoms with E-state index in [9.17, 15) is 4.79 Å². The van der Waals surface area contributed by atoms with Crippen molar-refractivity contribution in [2.24, 2.45) is 0 Å². The lowest BCUT2D eigenvalue weighted by molar-refractivity contribution is 0.550. The number of H-pyrrole nitrogens is 1. The third-order valence-corrected chi connectivity index (χ3v) is 8.36. The molecule has 1 N–H and O–H groups in total. The lowest BCUT2D eigenvalue weighted by Crippen LogP contribution is -2.13. The molecule has 0 aliphatic rings. The average molecular weight is 473 g/mol. The molecule has 1 unspecified atom stereocenters. The number of aromatic amines is 1. The molecule has 0 spiro atoms. The van der Waals surface area contributed by atoms with E-state index in [2.05, 4.69) is 32.0 Å². The minimum atomic E-state index is -0.107. The van der Waals surface area contributed by atoms with Crippen molar-refractivity contribution in [2.45, 2.75) is 30.3 Å². The second kappa shape index (κ2) is 8.42. The van der Waals surface area contributed by atoms with E-state index >= 15 is 0 Å². The lowest BCUT2D eigenvalue weighted by Gasteiger charge is -2.10. The Labute approximate surface area is 187 Å². The van der Waals surface area contributed by atoms with E-state index in [1.54, 1.807) is 27.4 Å². The van der Waals surface area contributed by atoms with Crippen molar-refractivity contribution in [3.63, 3.8) is 0 Å². The first-order valence-corrected chi connectivity index (χ1v) is 12.7. The number of aryl methyl sites for hydroxylation is 2. The molecule has 7 nitrogen and oxygen atoms in total. The highest BCUT2D eigenvalue weighted by molar-refractivity contribution is 7.99. The molecule has 5 heterocycles. The summed E-state index contributed by atoms with van der Waals surface area (Å²) in [6, 6.07) is 8.17. The van der Waals surface area contributed by atoms with Gasteiger partial charge in [0.25, 0.3) is 5.56 Å². The van der Waals surface area contributed by atoms with Gasteiger partial charge in [0.1, 0.15) is 10.7 Å². The molecule has 0 fully saturated rings. The van der Waals surface area contributed by atoms with Crippen LogP contribution in [-0.2, 0) is 13.0 Å². The van der Waals surface area contributed by atoms with Gasteiger partial charge in [-0.15, -0.1) is 39.1 Å². The number of aromatic nitrogens is 6. The van der Waals surface area contributed by atoms with E-state index in [0.717, 1.165) is 21.7 Å². The van der Waals surface area contributed by atoms with Gasteiger partial charge < -0.3 is 4.98 Å². The summed E-state index contributed by atoms with van der Waals surface area (Å²) in [5.74, 6) is 0.630. The van der Waals surface area contributed by atoms with Crippen LogP contribution >= 0.6 is 45.8 Å². The Morgan fingerprint density at radius 3 is 2.87 bits per heavy atom. The van der Waals surface area contributed by atoms with Crippen molar-refractivity contribution in [1.82, 2.24) is 30.2 Å². The van der Waals surface area contributed by atoms with Gasteiger partial charge in [0.05, 0.1) is 17.2 Å². The summed E-state index contributed by atoms with van der Waals surface area (Å²) < 4.78 is 1.80. The first-order valence-electron chi connectivity index (χ1n) is 9.19. The van der Waals surface area contributed by atoms with Gasteiger partial charge in [0.2, 0.25) is 5.16 Å². The fourth-order valence-electron chi connectivity index (χ4n) is 3.08. The number of hydrogen-bond donors (Lipinski definition) is 1. The van der Waals surface area contributed by atoms with E-state index < -0.39 is 0 Å². The highest BCUT2D eigenvalue weighted by atomic mass is 32.2. The number of rotatable bonds is 7. The molecule has 30 heavy (non-hydrogen) atoms. The van der Waals surface area contributed by atoms with Gasteiger partial charge >= 0.3 is 0 Å². The zero-order chi connectivity index (χ0) is 20.5. The standard InChI is InChI=1S/C19H16N6OS4/c1-11(30-19-22-23-24-25(19)7-6-12-4-2-8-27-12)16-20-17(26)15-13(10-29-18(15)21-16)14-5-3-9-28-14/h2-5,8-11H,6-7H2,1H3,(H,20,21,26). The third-order valence-electron chi connectivity index (χ3n) is 4.57. The molecule has 152 valence electrons. The topological polar surface area (TPSA) is 89.3 Å². The molecule has 5 aromatic heterocycles. The maximum atomic E-state index is 12.8. The molecule has 0 saturated heterocycles. The van der Waals surface area contributed by atoms with Gasteiger partial charge in [0, 0.05) is 27.1 Å². The Balaban J connectivity index is 1.38. The van der Waals surface area contributed by atoms with Crippen molar-refractivity contribution in [2.75, 3.05) is 0 Å². The average Bonchev–Trinajstić information content (AvgIpc) is 3.53. The van der Waals surface area contributed by atoms with Gasteiger partial charge in [-0.2, -0.15) is 0 Å². The van der Waals surface area contributed by atoms with Crippen LogP contribution in [0.5, 0.6) is 0 Å². The van der Waals surface area contributed by atoms with E-state index in [1.165, 1.54) is 28.0 Å². The predicted molar refractivity (Wildman–Crippen MR) is 124 cm³/mol. The summed E-state index contributed by atoms with van der Waals surface area (Å²) in [7, 11) is 0. The van der Waals surface area contributed by atoms with Crippen LogP contribution in [0.4, 0.5) is 0 Å². The maximum absolute atomic E-state index is 12.8. The Bertz CT molecular complexity index is 1320. The van der Waals surface area contributed by atoms with E-state index in [0.29, 0.717) is 22.9 Å². The number of fused-ring (bicyclic) bond motifs is 1. The second-order valence-corrected chi connectivity index (χ2v) is 10.7. The van der Waals surface area contributed by atoms with E-state index in [1.807, 2.05) is 35.9 Å². The zero-order valence-electron chi connectivity index (χ0n) is 15.8. The molecule has 0 bridgehead atoms. The van der Waals surface area contributed by atoms with Crippen LogP contribution in [0.15, 0.2) is 50.4 Å². The Hall–Kier alpha value is -2.34. The van der Waals surface area contributed by atoms with Crippen molar-refractivity contribution < 1.29 is 0 Å². The number of hydrogen-bond acceptors (Lipinski definition) is 9.